The van der Waals surface area contributed by atoms with Gasteiger partial charge < -0.3 is 20.7 Å². The molecule has 0 aliphatic carbocycles. The second-order valence-electron chi connectivity index (χ2n) is 6.55. The van der Waals surface area contributed by atoms with Gasteiger partial charge in [-0.25, -0.2) is 0 Å². The lowest BCUT2D eigenvalue weighted by molar-refractivity contribution is -0.114. The van der Waals surface area contributed by atoms with Crippen molar-refractivity contribution in [1.82, 2.24) is 0 Å². The van der Waals surface area contributed by atoms with Crippen molar-refractivity contribution in [3.8, 4) is 11.8 Å². The van der Waals surface area contributed by atoms with E-state index in [0.29, 0.717) is 34.8 Å². The maximum Gasteiger partial charge on any atom is 0.257 e. The highest BCUT2D eigenvalue weighted by Gasteiger charge is 2.12. The summed E-state index contributed by atoms with van der Waals surface area (Å²) in [4.78, 5) is 25.0. The second kappa shape index (κ2) is 10.5. The molecule has 7 nitrogen and oxygen atoms in total. The fourth-order valence-electron chi connectivity index (χ4n) is 2.88. The minimum Gasteiger partial charge on any atom is -0.494 e. The molecule has 156 valence electrons. The summed E-state index contributed by atoms with van der Waals surface area (Å²) >= 11 is 0. The zero-order valence-corrected chi connectivity index (χ0v) is 17.0. The molecule has 0 saturated heterocycles. The molecule has 3 aromatic rings. The van der Waals surface area contributed by atoms with Gasteiger partial charge >= 0.3 is 0 Å². The molecule has 0 atom stereocenters. The second-order valence-corrected chi connectivity index (χ2v) is 6.55. The Kier molecular flexibility index (Phi) is 7.22. The predicted octanol–water partition coefficient (Wildman–Crippen LogP) is 4.26. The van der Waals surface area contributed by atoms with Gasteiger partial charge in [-0.15, -0.1) is 0 Å². The highest BCUT2D eigenvalue weighted by atomic mass is 16.5. The van der Waals surface area contributed by atoms with Crippen molar-refractivity contribution in [2.24, 2.45) is 0 Å². The Bertz CT molecular complexity index is 1100. The highest BCUT2D eigenvalue weighted by molar-refractivity contribution is 6.08. The van der Waals surface area contributed by atoms with Crippen LogP contribution < -0.4 is 20.7 Å². The number of anilines is 3. The van der Waals surface area contributed by atoms with Gasteiger partial charge in [0.2, 0.25) is 5.91 Å². The Balaban J connectivity index is 1.62. The number of carbonyl (C=O) groups excluding carboxylic acids is 2. The molecule has 3 aromatic carbocycles. The Labute approximate surface area is 180 Å². The van der Waals surface area contributed by atoms with Crippen LogP contribution in [0.5, 0.6) is 5.75 Å². The van der Waals surface area contributed by atoms with E-state index in [2.05, 4.69) is 16.0 Å². The number of nitrogens with zero attached hydrogens (tertiary/aromatic N) is 1. The van der Waals surface area contributed by atoms with Gasteiger partial charge in [-0.05, 0) is 61.5 Å². The van der Waals surface area contributed by atoms with E-state index in [0.717, 1.165) is 5.75 Å². The molecule has 0 fully saturated rings. The third kappa shape index (κ3) is 6.08. The largest absolute Gasteiger partial charge is 0.494 e. The first-order valence-electron chi connectivity index (χ1n) is 9.76. The summed E-state index contributed by atoms with van der Waals surface area (Å²) in [6.07, 6.45) is 0. The number of hydrogen-bond donors (Lipinski definition) is 3. The number of nitriles is 1. The molecule has 0 aromatic heterocycles. The fourth-order valence-corrected chi connectivity index (χ4v) is 2.88. The molecule has 31 heavy (non-hydrogen) atoms. The Hall–Kier alpha value is -4.31. The number of nitrogens with one attached hydrogen (secondary N) is 3. The molecule has 3 N–H and O–H groups in total. The predicted molar refractivity (Wildman–Crippen MR) is 120 cm³/mol. The maximum absolute atomic E-state index is 12.7. The number of amides is 2. The first kappa shape index (κ1) is 21.4. The number of rotatable bonds is 8. The molecule has 3 rings (SSSR count). The molecular weight excluding hydrogens is 392 g/mol. The first-order chi connectivity index (χ1) is 15.1. The number of ether oxygens (including phenoxy) is 1. The molecule has 0 aliphatic heterocycles. The fraction of sp³-hybridized carbons (Fsp3) is 0.125. The molecular formula is C24H22N4O3. The van der Waals surface area contributed by atoms with Crippen LogP contribution in [0.4, 0.5) is 17.1 Å². The van der Waals surface area contributed by atoms with Crippen LogP contribution in [0.3, 0.4) is 0 Å². The highest BCUT2D eigenvalue weighted by Crippen LogP contribution is 2.20. The van der Waals surface area contributed by atoms with Crippen LogP contribution in [0.1, 0.15) is 22.8 Å². The van der Waals surface area contributed by atoms with Crippen molar-refractivity contribution in [2.45, 2.75) is 6.92 Å². The average molecular weight is 414 g/mol. The van der Waals surface area contributed by atoms with Crippen LogP contribution in [0.15, 0.2) is 72.8 Å². The zero-order chi connectivity index (χ0) is 22.1. The van der Waals surface area contributed by atoms with Crippen LogP contribution in [-0.4, -0.2) is 25.0 Å². The third-order valence-corrected chi connectivity index (χ3v) is 4.31. The van der Waals surface area contributed by atoms with E-state index < -0.39 is 0 Å². The lowest BCUT2D eigenvalue weighted by Crippen LogP contribution is -2.23. The van der Waals surface area contributed by atoms with Crippen molar-refractivity contribution in [1.29, 1.82) is 5.26 Å². The summed E-state index contributed by atoms with van der Waals surface area (Å²) in [5.41, 5.74) is 2.58. The molecule has 0 radical (unpaired) electrons. The lowest BCUT2D eigenvalue weighted by Gasteiger charge is -2.13. The molecule has 0 spiro atoms. The van der Waals surface area contributed by atoms with Crippen LogP contribution >= 0.6 is 0 Å². The minimum absolute atomic E-state index is 0.0376. The van der Waals surface area contributed by atoms with Crippen LogP contribution in [-0.2, 0) is 4.79 Å². The van der Waals surface area contributed by atoms with Gasteiger partial charge in [0.25, 0.3) is 5.91 Å². The smallest absolute Gasteiger partial charge is 0.257 e. The van der Waals surface area contributed by atoms with Crippen molar-refractivity contribution in [2.75, 3.05) is 29.1 Å². The number of benzene rings is 3. The normalized spacial score (nSPS) is 9.94. The van der Waals surface area contributed by atoms with E-state index in [1.54, 1.807) is 72.8 Å². The molecule has 0 bridgehead atoms. The molecule has 0 unspecified atom stereocenters. The van der Waals surface area contributed by atoms with Gasteiger partial charge in [0.15, 0.2) is 0 Å². The Morgan fingerprint density at radius 3 is 2.45 bits per heavy atom. The monoisotopic (exact) mass is 414 g/mol. The molecule has 0 saturated carbocycles. The Morgan fingerprint density at radius 1 is 0.935 bits per heavy atom. The quantitative estimate of drug-likeness (QED) is 0.511. The topological polar surface area (TPSA) is 103 Å². The van der Waals surface area contributed by atoms with E-state index in [9.17, 15) is 9.59 Å². The molecule has 0 aliphatic rings. The van der Waals surface area contributed by atoms with Crippen LogP contribution in [0.2, 0.25) is 0 Å². The number of para-hydroxylation sites is 1. The third-order valence-electron chi connectivity index (χ3n) is 4.31. The summed E-state index contributed by atoms with van der Waals surface area (Å²) in [5, 5.41) is 17.5. The van der Waals surface area contributed by atoms with Crippen molar-refractivity contribution < 1.29 is 14.3 Å². The van der Waals surface area contributed by atoms with Crippen LogP contribution in [0, 0.1) is 11.3 Å². The average Bonchev–Trinajstić information content (AvgIpc) is 2.79. The SMILES string of the molecule is CCOc1ccc(NC(=O)c2ccccc2NCC(=O)Nc2cccc(C#N)c2)cc1. The zero-order valence-electron chi connectivity index (χ0n) is 17.0. The van der Waals surface area contributed by atoms with E-state index in [1.165, 1.54) is 0 Å². The van der Waals surface area contributed by atoms with Gasteiger partial charge in [-0.3, -0.25) is 9.59 Å². The number of carbonyl (C=O) groups is 2. The summed E-state index contributed by atoms with van der Waals surface area (Å²) in [6.45, 7) is 2.44. The minimum atomic E-state index is -0.297. The number of hydrogen-bond acceptors (Lipinski definition) is 5. The van der Waals surface area contributed by atoms with Gasteiger partial charge in [0, 0.05) is 17.1 Å². The van der Waals surface area contributed by atoms with Crippen molar-refractivity contribution >= 4 is 28.9 Å². The van der Waals surface area contributed by atoms with E-state index in [1.807, 2.05) is 13.0 Å². The standard InChI is InChI=1S/C24H22N4O3/c1-2-31-20-12-10-18(11-13-20)28-24(30)21-8-3-4-9-22(21)26-16-23(29)27-19-7-5-6-17(14-19)15-25/h3-14,26H,2,16H2,1H3,(H,27,29)(H,28,30). The van der Waals surface area contributed by atoms with Crippen molar-refractivity contribution in [3.63, 3.8) is 0 Å². The van der Waals surface area contributed by atoms with Gasteiger partial charge in [0.1, 0.15) is 5.75 Å². The van der Waals surface area contributed by atoms with Gasteiger partial charge in [-0.1, -0.05) is 18.2 Å². The summed E-state index contributed by atoms with van der Waals surface area (Å²) in [7, 11) is 0. The Morgan fingerprint density at radius 2 is 1.71 bits per heavy atom. The summed E-state index contributed by atoms with van der Waals surface area (Å²) in [6, 6.07) is 22.7. The van der Waals surface area contributed by atoms with E-state index in [4.69, 9.17) is 10.00 Å². The van der Waals surface area contributed by atoms with Gasteiger partial charge in [-0.2, -0.15) is 5.26 Å². The molecule has 2 amide bonds. The molecule has 7 heteroatoms. The van der Waals surface area contributed by atoms with Crippen molar-refractivity contribution in [3.05, 3.63) is 83.9 Å². The van der Waals surface area contributed by atoms with E-state index in [-0.39, 0.29) is 18.4 Å². The van der Waals surface area contributed by atoms with E-state index >= 15 is 0 Å². The van der Waals surface area contributed by atoms with Crippen LogP contribution in [0.25, 0.3) is 0 Å². The van der Waals surface area contributed by atoms with Gasteiger partial charge in [0.05, 0.1) is 30.3 Å². The molecule has 0 heterocycles. The lowest BCUT2D eigenvalue weighted by atomic mass is 10.1. The summed E-state index contributed by atoms with van der Waals surface area (Å²) < 4.78 is 5.40. The first-order valence-corrected chi connectivity index (χ1v) is 9.76. The maximum atomic E-state index is 12.7. The summed E-state index contributed by atoms with van der Waals surface area (Å²) in [5.74, 6) is 0.139.